The third-order valence-electron chi connectivity index (χ3n) is 8.64. The Balaban J connectivity index is 1.36. The second-order valence-electron chi connectivity index (χ2n) is 11.3. The first-order chi connectivity index (χ1) is 22.7. The minimum absolute atomic E-state index is 0.543. The molecule has 0 saturated heterocycles. The monoisotopic (exact) mass is 584 g/mol. The highest BCUT2D eigenvalue weighted by Gasteiger charge is 2.18. The van der Waals surface area contributed by atoms with E-state index in [1.807, 2.05) is 12.1 Å². The van der Waals surface area contributed by atoms with E-state index in [9.17, 15) is 10.5 Å². The molecule has 46 heavy (non-hydrogen) atoms. The number of rotatable bonds is 4. The normalized spacial score (nSPS) is 11.0. The van der Waals surface area contributed by atoms with Crippen molar-refractivity contribution in [1.82, 2.24) is 9.97 Å². The van der Waals surface area contributed by atoms with Crippen molar-refractivity contribution in [3.05, 3.63) is 157 Å². The molecule has 0 unspecified atom stereocenters. The number of hydrogen-bond acceptors (Lipinski definition) is 4. The summed E-state index contributed by atoms with van der Waals surface area (Å²) in [7, 11) is 0. The lowest BCUT2D eigenvalue weighted by atomic mass is 9.84. The van der Waals surface area contributed by atoms with Crippen LogP contribution in [0.3, 0.4) is 0 Å². The molecule has 0 aliphatic carbocycles. The van der Waals surface area contributed by atoms with E-state index in [1.165, 1.54) is 43.4 Å². The van der Waals surface area contributed by atoms with E-state index in [2.05, 4.69) is 131 Å². The van der Waals surface area contributed by atoms with Crippen LogP contribution in [0, 0.1) is 22.7 Å². The number of benzene rings is 6. The van der Waals surface area contributed by atoms with Crippen molar-refractivity contribution in [2.75, 3.05) is 0 Å². The van der Waals surface area contributed by atoms with Crippen LogP contribution in [-0.4, -0.2) is 9.97 Å². The Morgan fingerprint density at radius 1 is 0.370 bits per heavy atom. The van der Waals surface area contributed by atoms with Gasteiger partial charge in [-0.15, -0.1) is 0 Å². The molecule has 4 nitrogen and oxygen atoms in total. The van der Waals surface area contributed by atoms with Crippen LogP contribution >= 0.6 is 0 Å². The molecule has 0 atom stereocenters. The van der Waals surface area contributed by atoms with Gasteiger partial charge in [0, 0.05) is 35.9 Å². The van der Waals surface area contributed by atoms with E-state index in [0.29, 0.717) is 11.1 Å². The Kier molecular flexibility index (Phi) is 6.53. The first kappa shape index (κ1) is 27.0. The van der Waals surface area contributed by atoms with E-state index in [1.54, 1.807) is 24.8 Å². The van der Waals surface area contributed by atoms with E-state index in [0.717, 1.165) is 33.4 Å². The highest BCUT2D eigenvalue weighted by molar-refractivity contribution is 6.23. The van der Waals surface area contributed by atoms with Gasteiger partial charge in [0.15, 0.2) is 0 Å². The van der Waals surface area contributed by atoms with Crippen LogP contribution in [0.5, 0.6) is 0 Å². The molecule has 8 rings (SSSR count). The van der Waals surface area contributed by atoms with Gasteiger partial charge in [0.2, 0.25) is 0 Å². The molecule has 0 fully saturated rings. The lowest BCUT2D eigenvalue weighted by molar-refractivity contribution is 1.30. The molecule has 4 heteroatoms. The third kappa shape index (κ3) is 4.63. The molecule has 0 bridgehead atoms. The minimum Gasteiger partial charge on any atom is -0.263 e. The maximum absolute atomic E-state index is 9.36. The van der Waals surface area contributed by atoms with Gasteiger partial charge in [-0.3, -0.25) is 9.97 Å². The van der Waals surface area contributed by atoms with E-state index in [-0.39, 0.29) is 0 Å². The number of nitrogens with zero attached hydrogens (tertiary/aromatic N) is 4. The molecule has 6 aromatic carbocycles. The zero-order valence-electron chi connectivity index (χ0n) is 24.6. The molecule has 0 aliphatic heterocycles. The van der Waals surface area contributed by atoms with Crippen molar-refractivity contribution in [3.8, 4) is 56.6 Å². The zero-order chi connectivity index (χ0) is 31.0. The predicted octanol–water partition coefficient (Wildman–Crippen LogP) is 10.3. The number of aromatic nitrogens is 2. The summed E-state index contributed by atoms with van der Waals surface area (Å²) in [5.74, 6) is 0. The Morgan fingerprint density at radius 3 is 1.17 bits per heavy atom. The summed E-state index contributed by atoms with van der Waals surface area (Å²) in [5.41, 5.74) is 9.56. The summed E-state index contributed by atoms with van der Waals surface area (Å²) < 4.78 is 0. The Labute approximate surface area is 266 Å². The van der Waals surface area contributed by atoms with Gasteiger partial charge in [0.1, 0.15) is 12.1 Å². The lowest BCUT2D eigenvalue weighted by Gasteiger charge is -2.19. The Hall–Kier alpha value is -6.62. The standard InChI is InChI=1S/C42H24N4/c43-21-27-17-35(25-45-23-27)29-9-13-31(14-10-29)41-37-7-3-4-8-38(37)42(40-20-34-6-2-1-5-33(34)19-39(40)41)32-15-11-30(12-16-32)36-18-28(22-44)24-46-26-36/h1-20,23-26H. The largest absolute Gasteiger partial charge is 0.263 e. The average molecular weight is 585 g/mol. The zero-order valence-corrected chi connectivity index (χ0v) is 24.6. The van der Waals surface area contributed by atoms with Gasteiger partial charge in [-0.2, -0.15) is 10.5 Å². The van der Waals surface area contributed by atoms with Gasteiger partial charge in [-0.1, -0.05) is 97.1 Å². The van der Waals surface area contributed by atoms with Gasteiger partial charge in [0.05, 0.1) is 11.1 Å². The number of nitriles is 2. The number of fused-ring (bicyclic) bond motifs is 3. The number of pyridine rings is 2. The van der Waals surface area contributed by atoms with E-state index < -0.39 is 0 Å². The molecule has 0 radical (unpaired) electrons. The van der Waals surface area contributed by atoms with Crippen molar-refractivity contribution in [2.45, 2.75) is 0 Å². The molecule has 0 amide bonds. The Bertz CT molecular complexity index is 2360. The summed E-state index contributed by atoms with van der Waals surface area (Å²) >= 11 is 0. The fourth-order valence-corrected chi connectivity index (χ4v) is 6.46. The topological polar surface area (TPSA) is 73.4 Å². The smallest absolute Gasteiger partial charge is 0.101 e. The summed E-state index contributed by atoms with van der Waals surface area (Å²) in [5, 5.41) is 25.8. The van der Waals surface area contributed by atoms with E-state index >= 15 is 0 Å². The van der Waals surface area contributed by atoms with Crippen LogP contribution in [0.15, 0.2) is 146 Å². The van der Waals surface area contributed by atoms with Crippen LogP contribution in [0.4, 0.5) is 0 Å². The van der Waals surface area contributed by atoms with Crippen molar-refractivity contribution >= 4 is 32.3 Å². The lowest BCUT2D eigenvalue weighted by Crippen LogP contribution is -1.92. The molecule has 212 valence electrons. The average Bonchev–Trinajstić information content (AvgIpc) is 3.13. The van der Waals surface area contributed by atoms with Gasteiger partial charge < -0.3 is 0 Å². The molecule has 2 aromatic heterocycles. The summed E-state index contributed by atoms with van der Waals surface area (Å²) in [4.78, 5) is 8.51. The maximum atomic E-state index is 9.36. The van der Waals surface area contributed by atoms with Crippen molar-refractivity contribution in [3.63, 3.8) is 0 Å². The second-order valence-corrected chi connectivity index (χ2v) is 11.3. The van der Waals surface area contributed by atoms with Gasteiger partial charge in [0.25, 0.3) is 0 Å². The van der Waals surface area contributed by atoms with Crippen molar-refractivity contribution in [2.24, 2.45) is 0 Å². The molecule has 0 aliphatic rings. The summed E-state index contributed by atoms with van der Waals surface area (Å²) in [6.07, 6.45) is 6.76. The molecule has 2 heterocycles. The molecular weight excluding hydrogens is 560 g/mol. The second kappa shape index (κ2) is 11.1. The fourth-order valence-electron chi connectivity index (χ4n) is 6.46. The van der Waals surface area contributed by atoms with Gasteiger partial charge in [-0.25, -0.2) is 0 Å². The van der Waals surface area contributed by atoms with Gasteiger partial charge in [-0.05, 0) is 90.0 Å². The van der Waals surface area contributed by atoms with Crippen molar-refractivity contribution < 1.29 is 0 Å². The molecule has 0 spiro atoms. The van der Waals surface area contributed by atoms with E-state index in [4.69, 9.17) is 0 Å². The van der Waals surface area contributed by atoms with Crippen LogP contribution in [-0.2, 0) is 0 Å². The first-order valence-corrected chi connectivity index (χ1v) is 15.0. The fraction of sp³-hybridized carbons (Fsp3) is 0. The van der Waals surface area contributed by atoms with Crippen LogP contribution < -0.4 is 0 Å². The minimum atomic E-state index is 0.543. The SMILES string of the molecule is N#Cc1cncc(-c2ccc(-c3c4ccccc4c(-c4ccc(-c5cncc(C#N)c5)cc4)c4cc5ccccc5cc34)cc2)c1. The summed E-state index contributed by atoms with van der Waals surface area (Å²) in [6.45, 7) is 0. The van der Waals surface area contributed by atoms with Gasteiger partial charge >= 0.3 is 0 Å². The van der Waals surface area contributed by atoms with Crippen molar-refractivity contribution in [1.29, 1.82) is 10.5 Å². The number of hydrogen-bond donors (Lipinski definition) is 0. The quantitative estimate of drug-likeness (QED) is 0.193. The third-order valence-corrected chi connectivity index (χ3v) is 8.64. The predicted molar refractivity (Wildman–Crippen MR) is 186 cm³/mol. The maximum Gasteiger partial charge on any atom is 0.101 e. The highest BCUT2D eigenvalue weighted by atomic mass is 14.6. The molecule has 8 aromatic rings. The van der Waals surface area contributed by atoms with Crippen LogP contribution in [0.25, 0.3) is 76.8 Å². The van der Waals surface area contributed by atoms with Crippen LogP contribution in [0.1, 0.15) is 11.1 Å². The summed E-state index contributed by atoms with van der Waals surface area (Å²) in [6, 6.07) is 47.0. The molecule has 0 N–H and O–H groups in total. The molecule has 0 saturated carbocycles. The molecular formula is C42H24N4. The van der Waals surface area contributed by atoms with Crippen LogP contribution in [0.2, 0.25) is 0 Å². The highest BCUT2D eigenvalue weighted by Crippen LogP contribution is 2.45. The Morgan fingerprint density at radius 2 is 0.761 bits per heavy atom. The first-order valence-electron chi connectivity index (χ1n) is 15.0.